The molecule has 0 bridgehead atoms. The van der Waals surface area contributed by atoms with Gasteiger partial charge in [-0.05, 0) is 6.07 Å². The first kappa shape index (κ1) is 18.2. The maximum Gasteiger partial charge on any atom is 0.419 e. The van der Waals surface area contributed by atoms with E-state index < -0.39 is 17.6 Å². The fourth-order valence-electron chi connectivity index (χ4n) is 3.51. The van der Waals surface area contributed by atoms with Gasteiger partial charge < -0.3 is 15.0 Å². The molecular formula is C18H22F3N5O. The van der Waals surface area contributed by atoms with E-state index in [1.807, 2.05) is 20.0 Å². The first-order valence-corrected chi connectivity index (χ1v) is 8.97. The van der Waals surface area contributed by atoms with E-state index in [1.165, 1.54) is 6.20 Å². The summed E-state index contributed by atoms with van der Waals surface area (Å²) in [6.45, 7) is 7.41. The van der Waals surface area contributed by atoms with Crippen molar-refractivity contribution in [3.63, 3.8) is 0 Å². The Kier molecular flexibility index (Phi) is 4.38. The zero-order valence-electron chi connectivity index (χ0n) is 15.2. The first-order chi connectivity index (χ1) is 12.7. The molecule has 27 heavy (non-hydrogen) atoms. The number of likely N-dealkylation sites (tertiary alicyclic amines) is 1. The van der Waals surface area contributed by atoms with Crippen LogP contribution in [-0.2, 0) is 10.9 Å². The number of imidazole rings is 1. The van der Waals surface area contributed by atoms with Crippen molar-refractivity contribution in [3.05, 3.63) is 29.8 Å². The van der Waals surface area contributed by atoms with Gasteiger partial charge in [0.15, 0.2) is 0 Å². The van der Waals surface area contributed by atoms with Crippen LogP contribution in [0, 0.1) is 0 Å². The van der Waals surface area contributed by atoms with E-state index in [0.717, 1.165) is 38.2 Å². The van der Waals surface area contributed by atoms with Crippen LogP contribution in [0.3, 0.4) is 0 Å². The molecule has 2 fully saturated rings. The predicted octanol–water partition coefficient (Wildman–Crippen LogP) is 2.93. The molecule has 0 spiro atoms. The summed E-state index contributed by atoms with van der Waals surface area (Å²) in [6, 6.07) is 1.79. The molecule has 0 atom stereocenters. The highest BCUT2D eigenvalue weighted by molar-refractivity contribution is 5.62. The minimum absolute atomic E-state index is 0.156. The minimum atomic E-state index is -4.55. The van der Waals surface area contributed by atoms with Gasteiger partial charge in [0.1, 0.15) is 11.6 Å². The van der Waals surface area contributed by atoms with Gasteiger partial charge in [-0.2, -0.15) is 13.2 Å². The molecule has 2 N–H and O–H groups in total. The van der Waals surface area contributed by atoms with Crippen molar-refractivity contribution in [1.82, 2.24) is 19.4 Å². The normalized spacial score (nSPS) is 19.3. The first-order valence-electron chi connectivity index (χ1n) is 8.97. The number of halogens is 3. The van der Waals surface area contributed by atoms with Crippen molar-refractivity contribution >= 4 is 5.82 Å². The highest BCUT2D eigenvalue weighted by atomic mass is 19.4. The lowest BCUT2D eigenvalue weighted by atomic mass is 10.0. The van der Waals surface area contributed by atoms with Gasteiger partial charge in [-0.1, -0.05) is 13.8 Å². The molecule has 2 aromatic rings. The molecule has 9 heteroatoms. The lowest BCUT2D eigenvalue weighted by molar-refractivity contribution is -0.137. The zero-order chi connectivity index (χ0) is 19.3. The second-order valence-electron chi connectivity index (χ2n) is 7.50. The van der Waals surface area contributed by atoms with Gasteiger partial charge in [-0.25, -0.2) is 9.97 Å². The van der Waals surface area contributed by atoms with Crippen LogP contribution in [0.2, 0.25) is 0 Å². The van der Waals surface area contributed by atoms with Crippen molar-refractivity contribution in [2.24, 2.45) is 0 Å². The topological polar surface area (TPSA) is 69.2 Å². The molecule has 0 amide bonds. The predicted molar refractivity (Wildman–Crippen MR) is 94.2 cm³/mol. The number of ether oxygens (including phenoxy) is 1. The number of hydrogen-bond donors (Lipinski definition) is 1. The molecule has 0 aliphatic carbocycles. The number of anilines is 1. The highest BCUT2D eigenvalue weighted by Gasteiger charge is 2.38. The third kappa shape index (κ3) is 3.29. The van der Waals surface area contributed by atoms with Gasteiger partial charge in [-0.3, -0.25) is 4.90 Å². The zero-order valence-corrected chi connectivity index (χ0v) is 15.2. The Morgan fingerprint density at radius 2 is 1.93 bits per heavy atom. The van der Waals surface area contributed by atoms with Crippen LogP contribution in [0.25, 0.3) is 11.3 Å². The third-order valence-electron chi connectivity index (χ3n) is 5.22. The largest absolute Gasteiger partial charge is 0.419 e. The van der Waals surface area contributed by atoms with E-state index in [1.54, 1.807) is 0 Å². The lowest BCUT2D eigenvalue weighted by Crippen LogP contribution is -2.59. The SMILES string of the molecule is CC(C)c1nc(-c2cnc(N)c(C(F)(F)F)c2)cn1C1CN(C2COC2)C1. The van der Waals surface area contributed by atoms with Crippen molar-refractivity contribution < 1.29 is 17.9 Å². The number of rotatable bonds is 4. The van der Waals surface area contributed by atoms with Crippen molar-refractivity contribution in [1.29, 1.82) is 0 Å². The van der Waals surface area contributed by atoms with Crippen molar-refractivity contribution in [2.75, 3.05) is 32.0 Å². The fourth-order valence-corrected chi connectivity index (χ4v) is 3.51. The Bertz CT molecular complexity index is 838. The van der Waals surface area contributed by atoms with Crippen LogP contribution < -0.4 is 5.73 Å². The Morgan fingerprint density at radius 1 is 1.22 bits per heavy atom. The maximum absolute atomic E-state index is 13.1. The number of alkyl halides is 3. The molecule has 0 unspecified atom stereocenters. The summed E-state index contributed by atoms with van der Waals surface area (Å²) in [6.07, 6.45) is -1.36. The van der Waals surface area contributed by atoms with E-state index in [4.69, 9.17) is 10.5 Å². The standard InChI is InChI=1S/C18H22F3N5O/c1-10(2)17-24-15(11-3-14(18(19,20)21)16(22)23-4-11)7-26(17)12-5-25(6-12)13-8-27-9-13/h3-4,7,10,12-13H,5-6,8-9H2,1-2H3,(H2,22,23). The fraction of sp³-hybridized carbons (Fsp3) is 0.556. The molecule has 0 radical (unpaired) electrons. The number of hydrogen-bond acceptors (Lipinski definition) is 5. The molecule has 0 aromatic carbocycles. The molecule has 2 aromatic heterocycles. The number of nitrogens with two attached hydrogens (primary N) is 1. The Labute approximate surface area is 155 Å². The van der Waals surface area contributed by atoms with Gasteiger partial charge in [-0.15, -0.1) is 0 Å². The molecule has 4 heterocycles. The molecule has 2 aliphatic heterocycles. The van der Waals surface area contributed by atoms with Crippen LogP contribution in [0.5, 0.6) is 0 Å². The number of pyridine rings is 1. The van der Waals surface area contributed by atoms with Gasteiger partial charge >= 0.3 is 6.18 Å². The Balaban J connectivity index is 1.63. The van der Waals surface area contributed by atoms with E-state index in [0.29, 0.717) is 17.3 Å². The van der Waals surface area contributed by atoms with Crippen LogP contribution >= 0.6 is 0 Å². The van der Waals surface area contributed by atoms with Crippen LogP contribution in [0.1, 0.15) is 37.2 Å². The molecule has 4 rings (SSSR count). The average Bonchev–Trinajstić information content (AvgIpc) is 2.92. The molecule has 6 nitrogen and oxygen atoms in total. The molecule has 146 valence electrons. The monoisotopic (exact) mass is 381 g/mol. The quantitative estimate of drug-likeness (QED) is 0.882. The van der Waals surface area contributed by atoms with Crippen molar-refractivity contribution in [3.8, 4) is 11.3 Å². The Morgan fingerprint density at radius 3 is 2.48 bits per heavy atom. The molecule has 0 saturated carbocycles. The second kappa shape index (κ2) is 6.49. The van der Waals surface area contributed by atoms with Crippen LogP contribution in [0.15, 0.2) is 18.5 Å². The summed E-state index contributed by atoms with van der Waals surface area (Å²) in [5, 5.41) is 0. The van der Waals surface area contributed by atoms with E-state index in [-0.39, 0.29) is 12.0 Å². The smallest absolute Gasteiger partial charge is 0.383 e. The summed E-state index contributed by atoms with van der Waals surface area (Å²) < 4.78 is 46.8. The van der Waals surface area contributed by atoms with Gasteiger partial charge in [0.25, 0.3) is 0 Å². The van der Waals surface area contributed by atoms with Gasteiger partial charge in [0, 0.05) is 37.0 Å². The summed E-state index contributed by atoms with van der Waals surface area (Å²) in [5.74, 6) is 0.501. The Hall–Kier alpha value is -2.13. The summed E-state index contributed by atoms with van der Waals surface area (Å²) >= 11 is 0. The molecular weight excluding hydrogens is 359 g/mol. The lowest BCUT2D eigenvalue weighted by Gasteiger charge is -2.48. The van der Waals surface area contributed by atoms with Gasteiger partial charge in [0.05, 0.1) is 36.6 Å². The highest BCUT2D eigenvalue weighted by Crippen LogP contribution is 2.36. The number of nitrogen functional groups attached to an aromatic ring is 1. The summed E-state index contributed by atoms with van der Waals surface area (Å²) in [4.78, 5) is 10.7. The van der Waals surface area contributed by atoms with Gasteiger partial charge in [0.2, 0.25) is 0 Å². The van der Waals surface area contributed by atoms with E-state index in [9.17, 15) is 13.2 Å². The molecule has 2 aliphatic rings. The van der Waals surface area contributed by atoms with E-state index in [2.05, 4.69) is 19.4 Å². The van der Waals surface area contributed by atoms with Crippen molar-refractivity contribution in [2.45, 2.75) is 38.0 Å². The summed E-state index contributed by atoms with van der Waals surface area (Å²) in [5.41, 5.74) is 5.28. The minimum Gasteiger partial charge on any atom is -0.383 e. The van der Waals surface area contributed by atoms with E-state index >= 15 is 0 Å². The maximum atomic E-state index is 13.1. The summed E-state index contributed by atoms with van der Waals surface area (Å²) in [7, 11) is 0. The second-order valence-corrected chi connectivity index (χ2v) is 7.50. The molecule has 2 saturated heterocycles. The average molecular weight is 381 g/mol. The number of aromatic nitrogens is 3. The van der Waals surface area contributed by atoms with Crippen LogP contribution in [-0.4, -0.2) is 51.8 Å². The third-order valence-corrected chi connectivity index (χ3v) is 5.22. The van der Waals surface area contributed by atoms with Crippen LogP contribution in [0.4, 0.5) is 19.0 Å². The number of nitrogens with zero attached hydrogens (tertiary/aromatic N) is 4.